The van der Waals surface area contributed by atoms with Crippen molar-refractivity contribution in [2.45, 2.75) is 44.9 Å². The molecule has 1 amide bonds. The Hall–Kier alpha value is -0.280. The molecule has 2 N–H and O–H groups in total. The van der Waals surface area contributed by atoms with Gasteiger partial charge >= 0.3 is 0 Å². The van der Waals surface area contributed by atoms with Crippen molar-refractivity contribution in [1.82, 2.24) is 10.6 Å². The molecule has 1 fully saturated rings. The summed E-state index contributed by atoms with van der Waals surface area (Å²) in [5.74, 6) is 1.09. The molecule has 0 spiro atoms. The Morgan fingerprint density at radius 1 is 1.25 bits per heavy atom. The molecule has 1 rings (SSSR count). The zero-order valence-electron chi connectivity index (χ0n) is 10.3. The quantitative estimate of drug-likeness (QED) is 0.678. The molecule has 1 aliphatic carbocycles. The molecule has 0 aromatic carbocycles. The van der Waals surface area contributed by atoms with Gasteiger partial charge in [-0.05, 0) is 32.4 Å². The molecule has 0 heterocycles. The minimum Gasteiger partial charge on any atom is -0.356 e. The largest absolute Gasteiger partial charge is 0.356 e. The highest BCUT2D eigenvalue weighted by atomic mass is 35.5. The number of carbonyl (C=O) groups excluding carboxylic acids is 1. The second-order valence-corrected chi connectivity index (χ2v) is 4.50. The summed E-state index contributed by atoms with van der Waals surface area (Å²) in [5, 5.41) is 6.05. The van der Waals surface area contributed by atoms with E-state index in [1.807, 2.05) is 7.05 Å². The number of hydrogen-bond donors (Lipinski definition) is 2. The van der Waals surface area contributed by atoms with Gasteiger partial charge in [0.05, 0.1) is 0 Å². The maximum Gasteiger partial charge on any atom is 0.220 e. The highest BCUT2D eigenvalue weighted by Crippen LogP contribution is 2.26. The highest BCUT2D eigenvalue weighted by molar-refractivity contribution is 5.85. The summed E-state index contributed by atoms with van der Waals surface area (Å²) >= 11 is 0. The molecule has 16 heavy (non-hydrogen) atoms. The van der Waals surface area contributed by atoms with Crippen molar-refractivity contribution in [3.8, 4) is 0 Å². The van der Waals surface area contributed by atoms with E-state index in [1.54, 1.807) is 0 Å². The van der Waals surface area contributed by atoms with Gasteiger partial charge in [0, 0.05) is 13.0 Å². The van der Waals surface area contributed by atoms with E-state index < -0.39 is 0 Å². The third-order valence-corrected chi connectivity index (χ3v) is 3.18. The van der Waals surface area contributed by atoms with E-state index in [0.29, 0.717) is 6.42 Å². The zero-order chi connectivity index (χ0) is 10.9. The molecule has 0 aliphatic heterocycles. The van der Waals surface area contributed by atoms with E-state index >= 15 is 0 Å². The summed E-state index contributed by atoms with van der Waals surface area (Å²) < 4.78 is 0. The molecule has 4 heteroatoms. The average Bonchev–Trinajstić information content (AvgIpc) is 2.71. The summed E-state index contributed by atoms with van der Waals surface area (Å²) in [4.78, 5) is 11.4. The van der Waals surface area contributed by atoms with Gasteiger partial charge in [-0.2, -0.15) is 0 Å². The van der Waals surface area contributed by atoms with Gasteiger partial charge in [0.1, 0.15) is 0 Å². The molecule has 0 unspecified atom stereocenters. The smallest absolute Gasteiger partial charge is 0.220 e. The van der Waals surface area contributed by atoms with E-state index in [4.69, 9.17) is 0 Å². The zero-order valence-corrected chi connectivity index (χ0v) is 11.1. The van der Waals surface area contributed by atoms with Crippen molar-refractivity contribution >= 4 is 18.3 Å². The van der Waals surface area contributed by atoms with Crippen molar-refractivity contribution in [2.75, 3.05) is 20.1 Å². The minimum atomic E-state index is 0. The van der Waals surface area contributed by atoms with Crippen LogP contribution in [0.2, 0.25) is 0 Å². The van der Waals surface area contributed by atoms with Gasteiger partial charge in [-0.25, -0.2) is 0 Å². The molecule has 0 bridgehead atoms. The van der Waals surface area contributed by atoms with E-state index in [0.717, 1.165) is 25.4 Å². The van der Waals surface area contributed by atoms with Crippen LogP contribution in [0.4, 0.5) is 0 Å². The fourth-order valence-corrected chi connectivity index (χ4v) is 2.23. The van der Waals surface area contributed by atoms with Crippen LogP contribution < -0.4 is 10.6 Å². The molecular formula is C12H25ClN2O. The molecule has 0 aromatic heterocycles. The minimum absolute atomic E-state index is 0. The van der Waals surface area contributed by atoms with Crippen molar-refractivity contribution in [3.63, 3.8) is 0 Å². The number of rotatable bonds is 7. The summed E-state index contributed by atoms with van der Waals surface area (Å²) in [5.41, 5.74) is 0. The van der Waals surface area contributed by atoms with Crippen LogP contribution in [-0.4, -0.2) is 26.0 Å². The van der Waals surface area contributed by atoms with Crippen molar-refractivity contribution in [2.24, 2.45) is 5.92 Å². The SMILES string of the molecule is CNCCCC(=O)NCCC1CCCC1.Cl. The number of hydrogen-bond acceptors (Lipinski definition) is 2. The standard InChI is InChI=1S/C12H24N2O.ClH/c1-13-9-4-7-12(15)14-10-8-11-5-2-3-6-11;/h11,13H,2-10H2,1H3,(H,14,15);1H. The van der Waals surface area contributed by atoms with Gasteiger partial charge in [0.15, 0.2) is 0 Å². The summed E-state index contributed by atoms with van der Waals surface area (Å²) in [6.45, 7) is 1.80. The van der Waals surface area contributed by atoms with Gasteiger partial charge in [-0.3, -0.25) is 4.79 Å². The normalized spacial score (nSPS) is 15.8. The van der Waals surface area contributed by atoms with Crippen LogP contribution in [0, 0.1) is 5.92 Å². The fraction of sp³-hybridized carbons (Fsp3) is 0.917. The molecule has 0 saturated heterocycles. The van der Waals surface area contributed by atoms with Crippen LogP contribution in [0.5, 0.6) is 0 Å². The molecule has 1 aliphatic rings. The lowest BCUT2D eigenvalue weighted by molar-refractivity contribution is -0.121. The van der Waals surface area contributed by atoms with Crippen molar-refractivity contribution < 1.29 is 4.79 Å². The highest BCUT2D eigenvalue weighted by Gasteiger charge is 2.14. The Kier molecular flexibility index (Phi) is 9.74. The van der Waals surface area contributed by atoms with Crippen LogP contribution in [-0.2, 0) is 4.79 Å². The first kappa shape index (κ1) is 15.7. The molecule has 1 saturated carbocycles. The molecular weight excluding hydrogens is 224 g/mol. The number of nitrogens with one attached hydrogen (secondary N) is 2. The van der Waals surface area contributed by atoms with Gasteiger partial charge in [-0.1, -0.05) is 25.7 Å². The summed E-state index contributed by atoms with van der Waals surface area (Å²) in [7, 11) is 1.91. The van der Waals surface area contributed by atoms with Gasteiger partial charge in [0.25, 0.3) is 0 Å². The predicted molar refractivity (Wildman–Crippen MR) is 70.0 cm³/mol. The predicted octanol–water partition coefficient (Wildman–Crippen LogP) is 2.10. The summed E-state index contributed by atoms with van der Waals surface area (Å²) in [6.07, 6.45) is 8.29. The second-order valence-electron chi connectivity index (χ2n) is 4.50. The van der Waals surface area contributed by atoms with E-state index in [1.165, 1.54) is 32.1 Å². The molecule has 3 nitrogen and oxygen atoms in total. The van der Waals surface area contributed by atoms with Crippen LogP contribution in [0.3, 0.4) is 0 Å². The lowest BCUT2D eigenvalue weighted by Crippen LogP contribution is -2.26. The van der Waals surface area contributed by atoms with Crippen LogP contribution >= 0.6 is 12.4 Å². The Bertz CT molecular complexity index is 182. The average molecular weight is 249 g/mol. The van der Waals surface area contributed by atoms with Crippen LogP contribution in [0.1, 0.15) is 44.9 Å². The van der Waals surface area contributed by atoms with Crippen molar-refractivity contribution in [1.29, 1.82) is 0 Å². The number of carbonyl (C=O) groups is 1. The van der Waals surface area contributed by atoms with Crippen LogP contribution in [0.25, 0.3) is 0 Å². The van der Waals surface area contributed by atoms with E-state index in [2.05, 4.69) is 10.6 Å². The fourth-order valence-electron chi connectivity index (χ4n) is 2.23. The first-order valence-electron chi connectivity index (χ1n) is 6.24. The van der Waals surface area contributed by atoms with Gasteiger partial charge < -0.3 is 10.6 Å². The number of amides is 1. The molecule has 0 atom stereocenters. The first-order chi connectivity index (χ1) is 7.33. The Balaban J connectivity index is 0.00000225. The molecule has 0 aromatic rings. The molecule has 96 valence electrons. The third-order valence-electron chi connectivity index (χ3n) is 3.18. The van der Waals surface area contributed by atoms with Crippen LogP contribution in [0.15, 0.2) is 0 Å². The lowest BCUT2D eigenvalue weighted by atomic mass is 10.0. The molecule has 0 radical (unpaired) electrons. The van der Waals surface area contributed by atoms with Gasteiger partial charge in [0.2, 0.25) is 5.91 Å². The van der Waals surface area contributed by atoms with E-state index in [9.17, 15) is 4.79 Å². The monoisotopic (exact) mass is 248 g/mol. The van der Waals surface area contributed by atoms with Crippen molar-refractivity contribution in [3.05, 3.63) is 0 Å². The Labute approximate surface area is 105 Å². The maximum atomic E-state index is 11.4. The second kappa shape index (κ2) is 9.91. The third kappa shape index (κ3) is 7.07. The van der Waals surface area contributed by atoms with Gasteiger partial charge in [-0.15, -0.1) is 12.4 Å². The number of halogens is 1. The Morgan fingerprint density at radius 3 is 2.56 bits per heavy atom. The van der Waals surface area contributed by atoms with E-state index in [-0.39, 0.29) is 18.3 Å². The topological polar surface area (TPSA) is 41.1 Å². The maximum absolute atomic E-state index is 11.4. The Morgan fingerprint density at radius 2 is 1.94 bits per heavy atom. The lowest BCUT2D eigenvalue weighted by Gasteiger charge is -2.09. The first-order valence-corrected chi connectivity index (χ1v) is 6.24. The summed E-state index contributed by atoms with van der Waals surface area (Å²) in [6, 6.07) is 0.